The molecule has 118 valence electrons. The van der Waals surface area contributed by atoms with Crippen molar-refractivity contribution in [2.24, 2.45) is 11.8 Å². The smallest absolute Gasteiger partial charge is 0.0606 e. The Kier molecular flexibility index (Phi) is 6.37. The van der Waals surface area contributed by atoms with E-state index in [0.29, 0.717) is 6.54 Å². The zero-order valence-corrected chi connectivity index (χ0v) is 13.5. The molecule has 21 heavy (non-hydrogen) atoms. The lowest BCUT2D eigenvalue weighted by atomic mass is 9.82. The van der Waals surface area contributed by atoms with Crippen LogP contribution in [0.4, 0.5) is 11.4 Å². The largest absolute Gasteiger partial charge is 0.395 e. The highest BCUT2D eigenvalue weighted by Crippen LogP contribution is 2.28. The van der Waals surface area contributed by atoms with Gasteiger partial charge in [0.2, 0.25) is 0 Å². The molecule has 2 unspecified atom stereocenters. The number of likely N-dealkylation sites (N-methyl/N-ethyl adjacent to an activating group) is 1. The second kappa shape index (κ2) is 8.28. The maximum atomic E-state index is 9.08. The number of aliphatic hydroxyl groups is 1. The van der Waals surface area contributed by atoms with Gasteiger partial charge in [0.1, 0.15) is 0 Å². The highest BCUT2D eigenvalue weighted by molar-refractivity contribution is 5.55. The first-order valence-electron chi connectivity index (χ1n) is 8.42. The van der Waals surface area contributed by atoms with Crippen LogP contribution >= 0.6 is 0 Å². The lowest BCUT2D eigenvalue weighted by molar-refractivity contribution is 0.293. The Morgan fingerprint density at radius 2 is 2.00 bits per heavy atom. The second-order valence-corrected chi connectivity index (χ2v) is 6.37. The van der Waals surface area contributed by atoms with Crippen molar-refractivity contribution in [1.82, 2.24) is 0 Å². The Bertz CT molecular complexity index is 404. The van der Waals surface area contributed by atoms with Gasteiger partial charge in [-0.25, -0.2) is 0 Å². The van der Waals surface area contributed by atoms with Crippen LogP contribution in [0, 0.1) is 11.8 Å². The fraction of sp³-hybridized carbons (Fsp3) is 0.667. The molecule has 3 nitrogen and oxygen atoms in total. The number of nitrogens with zero attached hydrogens (tertiary/aromatic N) is 1. The van der Waals surface area contributed by atoms with E-state index < -0.39 is 0 Å². The molecule has 0 bridgehead atoms. The van der Waals surface area contributed by atoms with Gasteiger partial charge in [0.25, 0.3) is 0 Å². The first-order chi connectivity index (χ1) is 10.2. The second-order valence-electron chi connectivity index (χ2n) is 6.37. The summed E-state index contributed by atoms with van der Waals surface area (Å²) in [5.41, 5.74) is 2.39. The summed E-state index contributed by atoms with van der Waals surface area (Å²) in [6.07, 6.45) is 5.53. The highest BCUT2D eigenvalue weighted by atomic mass is 16.3. The van der Waals surface area contributed by atoms with Crippen LogP contribution in [-0.2, 0) is 0 Å². The first kappa shape index (κ1) is 16.2. The van der Waals surface area contributed by atoms with Crippen molar-refractivity contribution < 1.29 is 5.11 Å². The molecule has 1 aliphatic carbocycles. The summed E-state index contributed by atoms with van der Waals surface area (Å²) < 4.78 is 0. The lowest BCUT2D eigenvalue weighted by Crippen LogP contribution is -2.26. The van der Waals surface area contributed by atoms with Crippen molar-refractivity contribution in [2.45, 2.75) is 39.5 Å². The normalized spacial score (nSPS) is 22.0. The molecule has 0 aliphatic heterocycles. The minimum absolute atomic E-state index is 0.202. The Morgan fingerprint density at radius 3 is 2.62 bits per heavy atom. The van der Waals surface area contributed by atoms with Gasteiger partial charge in [-0.1, -0.05) is 19.8 Å². The quantitative estimate of drug-likeness (QED) is 0.803. The van der Waals surface area contributed by atoms with E-state index in [2.05, 4.69) is 48.3 Å². The highest BCUT2D eigenvalue weighted by Gasteiger charge is 2.18. The van der Waals surface area contributed by atoms with Gasteiger partial charge in [-0.05, 0) is 55.9 Å². The number of aliphatic hydroxyl groups excluding tert-OH is 1. The van der Waals surface area contributed by atoms with Crippen molar-refractivity contribution in [1.29, 1.82) is 0 Å². The molecule has 0 heterocycles. The Labute approximate surface area is 129 Å². The third kappa shape index (κ3) is 4.92. The lowest BCUT2D eigenvalue weighted by Gasteiger charge is -2.27. The summed E-state index contributed by atoms with van der Waals surface area (Å²) in [6, 6.07) is 8.60. The number of benzene rings is 1. The maximum Gasteiger partial charge on any atom is 0.0606 e. The molecule has 0 saturated heterocycles. The maximum absolute atomic E-state index is 9.08. The van der Waals surface area contributed by atoms with E-state index in [9.17, 15) is 0 Å². The van der Waals surface area contributed by atoms with E-state index in [1.54, 1.807) is 0 Å². The standard InChI is InChI=1S/C18H30N2O/c1-3-20(11-12-21)18-9-7-17(8-10-18)19-14-16-6-4-5-15(2)13-16/h7-10,15-16,19,21H,3-6,11-14H2,1-2H3. The van der Waals surface area contributed by atoms with Crippen molar-refractivity contribution >= 4 is 11.4 Å². The monoisotopic (exact) mass is 290 g/mol. The predicted molar refractivity (Wildman–Crippen MR) is 91.0 cm³/mol. The molecule has 0 spiro atoms. The van der Waals surface area contributed by atoms with E-state index in [1.807, 2.05) is 0 Å². The summed E-state index contributed by atoms with van der Waals surface area (Å²) >= 11 is 0. The molecule has 3 heteroatoms. The van der Waals surface area contributed by atoms with Gasteiger partial charge in [0.15, 0.2) is 0 Å². The van der Waals surface area contributed by atoms with Gasteiger partial charge in [0.05, 0.1) is 6.61 Å². The van der Waals surface area contributed by atoms with E-state index in [4.69, 9.17) is 5.11 Å². The molecule has 1 saturated carbocycles. The van der Waals surface area contributed by atoms with E-state index in [-0.39, 0.29) is 6.61 Å². The SMILES string of the molecule is CCN(CCO)c1ccc(NCC2CCCC(C)C2)cc1. The zero-order chi connectivity index (χ0) is 15.1. The van der Waals surface area contributed by atoms with Crippen LogP contribution in [0.15, 0.2) is 24.3 Å². The van der Waals surface area contributed by atoms with Crippen molar-refractivity contribution in [3.8, 4) is 0 Å². The minimum Gasteiger partial charge on any atom is -0.395 e. The van der Waals surface area contributed by atoms with Crippen LogP contribution in [-0.4, -0.2) is 31.3 Å². The molecular formula is C18H30N2O. The Balaban J connectivity index is 1.84. The summed E-state index contributed by atoms with van der Waals surface area (Å²) in [6.45, 7) is 7.41. The fourth-order valence-electron chi connectivity index (χ4n) is 3.39. The summed E-state index contributed by atoms with van der Waals surface area (Å²) in [5.74, 6) is 1.72. The van der Waals surface area contributed by atoms with Gasteiger partial charge in [-0.15, -0.1) is 0 Å². The Hall–Kier alpha value is -1.22. The minimum atomic E-state index is 0.202. The van der Waals surface area contributed by atoms with E-state index in [0.717, 1.165) is 24.9 Å². The van der Waals surface area contributed by atoms with Gasteiger partial charge in [-0.2, -0.15) is 0 Å². The topological polar surface area (TPSA) is 35.5 Å². The van der Waals surface area contributed by atoms with Crippen LogP contribution in [0.5, 0.6) is 0 Å². The van der Waals surface area contributed by atoms with Gasteiger partial charge >= 0.3 is 0 Å². The average molecular weight is 290 g/mol. The molecule has 0 aromatic heterocycles. The molecule has 1 aromatic rings. The van der Waals surface area contributed by atoms with Crippen LogP contribution in [0.25, 0.3) is 0 Å². The number of nitrogens with one attached hydrogen (secondary N) is 1. The molecule has 2 rings (SSSR count). The molecule has 2 atom stereocenters. The van der Waals surface area contributed by atoms with Crippen LogP contribution < -0.4 is 10.2 Å². The third-order valence-electron chi connectivity index (χ3n) is 4.62. The van der Waals surface area contributed by atoms with Gasteiger partial charge in [0, 0.05) is 31.0 Å². The van der Waals surface area contributed by atoms with E-state index >= 15 is 0 Å². The Morgan fingerprint density at radius 1 is 1.24 bits per heavy atom. The predicted octanol–water partition coefficient (Wildman–Crippen LogP) is 3.74. The molecular weight excluding hydrogens is 260 g/mol. The fourth-order valence-corrected chi connectivity index (χ4v) is 3.39. The molecule has 1 aliphatic rings. The number of hydrogen-bond acceptors (Lipinski definition) is 3. The van der Waals surface area contributed by atoms with Crippen molar-refractivity contribution in [3.63, 3.8) is 0 Å². The number of rotatable bonds is 7. The molecule has 0 amide bonds. The summed E-state index contributed by atoms with van der Waals surface area (Å²) in [5, 5.41) is 12.7. The van der Waals surface area contributed by atoms with Crippen LogP contribution in [0.1, 0.15) is 39.5 Å². The molecule has 1 aromatic carbocycles. The summed E-state index contributed by atoms with van der Waals surface area (Å²) in [4.78, 5) is 2.19. The molecule has 1 fully saturated rings. The van der Waals surface area contributed by atoms with Crippen molar-refractivity contribution in [3.05, 3.63) is 24.3 Å². The van der Waals surface area contributed by atoms with Gasteiger partial charge in [-0.3, -0.25) is 0 Å². The van der Waals surface area contributed by atoms with E-state index in [1.165, 1.54) is 37.1 Å². The third-order valence-corrected chi connectivity index (χ3v) is 4.62. The molecule has 0 radical (unpaired) electrons. The molecule has 2 N–H and O–H groups in total. The average Bonchev–Trinajstić information content (AvgIpc) is 2.51. The first-order valence-corrected chi connectivity index (χ1v) is 8.42. The van der Waals surface area contributed by atoms with Crippen molar-refractivity contribution in [2.75, 3.05) is 36.5 Å². The van der Waals surface area contributed by atoms with Crippen LogP contribution in [0.2, 0.25) is 0 Å². The van der Waals surface area contributed by atoms with Gasteiger partial charge < -0.3 is 15.3 Å². The van der Waals surface area contributed by atoms with Crippen LogP contribution in [0.3, 0.4) is 0 Å². The summed E-state index contributed by atoms with van der Waals surface area (Å²) in [7, 11) is 0. The number of hydrogen-bond donors (Lipinski definition) is 2. The number of anilines is 2. The zero-order valence-electron chi connectivity index (χ0n) is 13.5.